The Morgan fingerprint density at radius 3 is 2.46 bits per heavy atom. The first-order valence-electron chi connectivity index (χ1n) is 9.26. The molecule has 0 aliphatic heterocycles. The van der Waals surface area contributed by atoms with E-state index in [-0.39, 0.29) is 0 Å². The fourth-order valence-corrected chi connectivity index (χ4v) is 3.38. The van der Waals surface area contributed by atoms with Crippen molar-refractivity contribution in [3.63, 3.8) is 0 Å². The minimum atomic E-state index is 0.723. The van der Waals surface area contributed by atoms with Crippen LogP contribution in [0.15, 0.2) is 6.07 Å². The summed E-state index contributed by atoms with van der Waals surface area (Å²) in [5, 5.41) is 8.85. The quantitative estimate of drug-likeness (QED) is 0.676. The maximum Gasteiger partial charge on any atom is 0.189 e. The van der Waals surface area contributed by atoms with Crippen LogP contribution in [0.1, 0.15) is 49.5 Å². The lowest BCUT2D eigenvalue weighted by Gasteiger charge is -2.22. The summed E-state index contributed by atoms with van der Waals surface area (Å²) in [6.45, 7) is 14.2. The molecule has 3 aromatic rings. The van der Waals surface area contributed by atoms with E-state index >= 15 is 0 Å². The number of fused-ring (bicyclic) bond motifs is 1. The monoisotopic (exact) mass is 353 g/mol. The first kappa shape index (κ1) is 18.2. The van der Waals surface area contributed by atoms with Gasteiger partial charge in [-0.05, 0) is 52.7 Å². The second-order valence-corrected chi connectivity index (χ2v) is 6.72. The number of pyridine rings is 1. The number of nitrogens with zero attached hydrogens (tertiary/aromatic N) is 7. The van der Waals surface area contributed by atoms with Crippen molar-refractivity contribution < 1.29 is 0 Å². The number of aryl methyl sites for hydroxylation is 4. The van der Waals surface area contributed by atoms with Gasteiger partial charge in [-0.1, -0.05) is 18.6 Å². The van der Waals surface area contributed by atoms with E-state index < -0.39 is 0 Å². The van der Waals surface area contributed by atoms with Gasteiger partial charge >= 0.3 is 0 Å². The van der Waals surface area contributed by atoms with Crippen molar-refractivity contribution in [2.45, 2.75) is 54.4 Å². The van der Waals surface area contributed by atoms with Crippen LogP contribution in [0.5, 0.6) is 0 Å². The number of rotatable bonds is 6. The molecule has 3 aromatic heterocycles. The number of hydrogen-bond acceptors (Lipinski definition) is 6. The van der Waals surface area contributed by atoms with Gasteiger partial charge in [0.15, 0.2) is 17.0 Å². The summed E-state index contributed by atoms with van der Waals surface area (Å²) < 4.78 is 1.80. The highest BCUT2D eigenvalue weighted by atomic mass is 15.5. The second kappa shape index (κ2) is 7.35. The van der Waals surface area contributed by atoms with Crippen molar-refractivity contribution in [2.75, 3.05) is 18.0 Å². The number of aromatic nitrogens is 6. The zero-order valence-electron chi connectivity index (χ0n) is 16.5. The van der Waals surface area contributed by atoms with Crippen molar-refractivity contribution in [3.8, 4) is 5.69 Å². The molecule has 0 saturated heterocycles. The van der Waals surface area contributed by atoms with E-state index in [2.05, 4.69) is 57.0 Å². The van der Waals surface area contributed by atoms with Crippen molar-refractivity contribution in [3.05, 3.63) is 28.8 Å². The van der Waals surface area contributed by atoms with Gasteiger partial charge in [-0.2, -0.15) is 4.68 Å². The van der Waals surface area contributed by atoms with Gasteiger partial charge in [0.1, 0.15) is 5.82 Å². The average molecular weight is 353 g/mol. The lowest BCUT2D eigenvalue weighted by atomic mass is 10.1. The molecule has 3 heterocycles. The van der Waals surface area contributed by atoms with E-state index in [0.29, 0.717) is 0 Å². The molecule has 0 fully saturated rings. The highest BCUT2D eigenvalue weighted by Gasteiger charge is 2.20. The third kappa shape index (κ3) is 3.25. The van der Waals surface area contributed by atoms with Crippen molar-refractivity contribution >= 4 is 17.0 Å². The van der Waals surface area contributed by atoms with Gasteiger partial charge in [0.25, 0.3) is 0 Å². The van der Waals surface area contributed by atoms with Gasteiger partial charge in [0.2, 0.25) is 0 Å². The predicted molar refractivity (Wildman–Crippen MR) is 104 cm³/mol. The van der Waals surface area contributed by atoms with Gasteiger partial charge < -0.3 is 4.90 Å². The lowest BCUT2D eigenvalue weighted by Crippen LogP contribution is -2.25. The molecule has 0 aliphatic rings. The predicted octanol–water partition coefficient (Wildman–Crippen LogP) is 3.47. The summed E-state index contributed by atoms with van der Waals surface area (Å²) in [4.78, 5) is 16.2. The van der Waals surface area contributed by atoms with Crippen LogP contribution < -0.4 is 4.90 Å². The van der Waals surface area contributed by atoms with Gasteiger partial charge in [-0.15, -0.1) is 5.10 Å². The molecule has 0 amide bonds. The fraction of sp³-hybridized carbons (Fsp3) is 0.526. The van der Waals surface area contributed by atoms with E-state index in [0.717, 1.165) is 71.4 Å². The molecule has 0 bridgehead atoms. The fourth-order valence-electron chi connectivity index (χ4n) is 3.38. The number of unbranched alkanes of at least 4 members (excludes halogenated alkanes) is 1. The average Bonchev–Trinajstić information content (AvgIpc) is 2.98. The smallest absolute Gasteiger partial charge is 0.189 e. The minimum Gasteiger partial charge on any atom is -0.355 e. The summed E-state index contributed by atoms with van der Waals surface area (Å²) >= 11 is 0. The summed E-state index contributed by atoms with van der Waals surface area (Å²) in [7, 11) is 0. The molecule has 0 aliphatic carbocycles. The van der Waals surface area contributed by atoms with Crippen molar-refractivity contribution in [2.24, 2.45) is 0 Å². The van der Waals surface area contributed by atoms with Gasteiger partial charge in [-0.25, -0.2) is 9.97 Å². The van der Waals surface area contributed by atoms with E-state index in [1.54, 1.807) is 4.68 Å². The molecule has 0 aromatic carbocycles. The van der Waals surface area contributed by atoms with Crippen LogP contribution >= 0.6 is 0 Å². The highest BCUT2D eigenvalue weighted by Crippen LogP contribution is 2.26. The topological polar surface area (TPSA) is 72.6 Å². The largest absolute Gasteiger partial charge is 0.355 e. The molecule has 0 spiro atoms. The van der Waals surface area contributed by atoms with E-state index in [1.807, 2.05) is 20.8 Å². The first-order chi connectivity index (χ1) is 12.5. The van der Waals surface area contributed by atoms with E-state index in [1.165, 1.54) is 0 Å². The molecule has 0 radical (unpaired) electrons. The lowest BCUT2D eigenvalue weighted by molar-refractivity contribution is 0.723. The molecule has 26 heavy (non-hydrogen) atoms. The Balaban J connectivity index is 2.20. The van der Waals surface area contributed by atoms with Gasteiger partial charge in [0.05, 0.1) is 11.4 Å². The van der Waals surface area contributed by atoms with Gasteiger partial charge in [-0.3, -0.25) is 4.98 Å². The van der Waals surface area contributed by atoms with Crippen molar-refractivity contribution in [1.29, 1.82) is 0 Å². The van der Waals surface area contributed by atoms with Crippen LogP contribution in [-0.2, 0) is 0 Å². The second-order valence-electron chi connectivity index (χ2n) is 6.72. The summed E-state index contributed by atoms with van der Waals surface area (Å²) in [5.74, 6) is 1.59. The molecule has 0 saturated carbocycles. The Morgan fingerprint density at radius 2 is 1.81 bits per heavy atom. The Bertz CT molecular complexity index is 906. The molecule has 7 heteroatoms. The van der Waals surface area contributed by atoms with Crippen LogP contribution in [0.25, 0.3) is 16.9 Å². The van der Waals surface area contributed by atoms with Crippen LogP contribution in [0, 0.1) is 27.7 Å². The normalized spacial score (nSPS) is 11.3. The molecule has 0 atom stereocenters. The van der Waals surface area contributed by atoms with Crippen LogP contribution in [0.4, 0.5) is 5.82 Å². The van der Waals surface area contributed by atoms with Crippen molar-refractivity contribution in [1.82, 2.24) is 29.9 Å². The maximum absolute atomic E-state index is 4.67. The Hall–Kier alpha value is -2.57. The Labute approximate surface area is 154 Å². The van der Waals surface area contributed by atoms with E-state index in [9.17, 15) is 0 Å². The molecule has 7 nitrogen and oxygen atoms in total. The van der Waals surface area contributed by atoms with Gasteiger partial charge in [0, 0.05) is 18.8 Å². The maximum atomic E-state index is 4.67. The number of anilines is 1. The number of hydrogen-bond donors (Lipinski definition) is 0. The molecule has 0 N–H and O–H groups in total. The van der Waals surface area contributed by atoms with Crippen LogP contribution in [0.2, 0.25) is 0 Å². The minimum absolute atomic E-state index is 0.723. The molecule has 0 unspecified atom stereocenters. The molecular weight excluding hydrogens is 326 g/mol. The third-order valence-corrected chi connectivity index (χ3v) is 4.55. The van der Waals surface area contributed by atoms with Crippen LogP contribution in [0.3, 0.4) is 0 Å². The standard InChI is InChI=1S/C19H27N7/c1-7-9-10-25(8-2)18-16-19(22-15(6)21-18)26(24-23-16)17-12(3)11-13(4)20-14(17)5/h11H,7-10H2,1-6H3. The van der Waals surface area contributed by atoms with Crippen LogP contribution in [-0.4, -0.2) is 43.0 Å². The molecule has 138 valence electrons. The third-order valence-electron chi connectivity index (χ3n) is 4.55. The highest BCUT2D eigenvalue weighted by molar-refractivity contribution is 5.84. The zero-order chi connectivity index (χ0) is 18.8. The zero-order valence-corrected chi connectivity index (χ0v) is 16.5. The SMILES string of the molecule is CCCCN(CC)c1nc(C)nc2c1nnn2-c1c(C)cc(C)nc1C. The molecular formula is C19H27N7. The summed E-state index contributed by atoms with van der Waals surface area (Å²) in [6.07, 6.45) is 2.26. The molecule has 3 rings (SSSR count). The summed E-state index contributed by atoms with van der Waals surface area (Å²) in [5.41, 5.74) is 5.45. The first-order valence-corrected chi connectivity index (χ1v) is 9.26. The Morgan fingerprint density at radius 1 is 1.04 bits per heavy atom. The van der Waals surface area contributed by atoms with E-state index in [4.69, 9.17) is 0 Å². The summed E-state index contributed by atoms with van der Waals surface area (Å²) in [6, 6.07) is 2.06. The Kier molecular flexibility index (Phi) is 5.15.